The molecule has 0 aliphatic carbocycles. The third-order valence-electron chi connectivity index (χ3n) is 1.40. The van der Waals surface area contributed by atoms with Crippen LogP contribution in [0, 0.1) is 0 Å². The maximum atomic E-state index is 11.0. The Labute approximate surface area is 85.4 Å². The Morgan fingerprint density at radius 2 is 1.67 bits per heavy atom. The smallest absolute Gasteiger partial charge is 0.379 e. The van der Waals surface area contributed by atoms with Gasteiger partial charge in [0.25, 0.3) is 0 Å². The molecule has 0 bridgehead atoms. The van der Waals surface area contributed by atoms with Crippen molar-refractivity contribution >= 4 is 15.6 Å². The quantitative estimate of drug-likeness (QED) is 0.573. The van der Waals surface area contributed by atoms with Gasteiger partial charge in [-0.05, 0) is 0 Å². The van der Waals surface area contributed by atoms with Crippen LogP contribution in [0.4, 0.5) is 0 Å². The van der Waals surface area contributed by atoms with E-state index in [1.807, 2.05) is 0 Å². The molecule has 11 heteroatoms. The van der Waals surface area contributed by atoms with Crippen LogP contribution in [0.3, 0.4) is 0 Å². The van der Waals surface area contributed by atoms with Crippen LogP contribution >= 0.6 is 15.6 Å². The highest BCUT2D eigenvalue weighted by atomic mass is 31.3. The second-order valence-electron chi connectivity index (χ2n) is 2.66. The van der Waals surface area contributed by atoms with Crippen LogP contribution in [-0.4, -0.2) is 46.0 Å². The Kier molecular flexibility index (Phi) is 4.42. The number of hydroxylamine groups is 2. The second-order valence-corrected chi connectivity index (χ2v) is 5.40. The molecule has 0 saturated carbocycles. The molecular formula is C4H11NO8P2. The highest BCUT2D eigenvalue weighted by molar-refractivity contribution is 7.60. The van der Waals surface area contributed by atoms with Crippen molar-refractivity contribution in [3.8, 4) is 0 Å². The normalized spacial score (nSPS) is 23.7. The molecule has 1 fully saturated rings. The van der Waals surface area contributed by atoms with Crippen molar-refractivity contribution in [2.45, 2.75) is 0 Å². The minimum absolute atomic E-state index is 0.217. The Balaban J connectivity index is 2.47. The van der Waals surface area contributed by atoms with Crippen LogP contribution in [0.15, 0.2) is 0 Å². The van der Waals surface area contributed by atoms with E-state index in [2.05, 4.69) is 8.94 Å². The minimum Gasteiger partial charge on any atom is -0.379 e. The molecule has 0 aromatic rings. The third-order valence-corrected chi connectivity index (χ3v) is 3.51. The summed E-state index contributed by atoms with van der Waals surface area (Å²) < 4.78 is 34.3. The molecule has 1 heterocycles. The van der Waals surface area contributed by atoms with Gasteiger partial charge in [-0.15, -0.1) is 0 Å². The van der Waals surface area contributed by atoms with Gasteiger partial charge in [0.2, 0.25) is 0 Å². The van der Waals surface area contributed by atoms with Crippen molar-refractivity contribution in [3.63, 3.8) is 0 Å². The number of hydrogen-bond acceptors (Lipinski definition) is 6. The molecule has 0 aromatic heterocycles. The number of ether oxygens (including phenoxy) is 1. The van der Waals surface area contributed by atoms with E-state index < -0.39 is 15.6 Å². The fourth-order valence-electron chi connectivity index (χ4n) is 0.923. The first-order chi connectivity index (χ1) is 6.79. The molecule has 9 nitrogen and oxygen atoms in total. The van der Waals surface area contributed by atoms with E-state index in [1.165, 1.54) is 0 Å². The monoisotopic (exact) mass is 263 g/mol. The van der Waals surface area contributed by atoms with Crippen molar-refractivity contribution in [1.82, 2.24) is 5.06 Å². The molecule has 1 saturated heterocycles. The lowest BCUT2D eigenvalue weighted by molar-refractivity contribution is -0.131. The summed E-state index contributed by atoms with van der Waals surface area (Å²) in [5.74, 6) is 0. The number of morpholine rings is 1. The molecular weight excluding hydrogens is 252 g/mol. The van der Waals surface area contributed by atoms with E-state index >= 15 is 0 Å². The standard InChI is InChI=1S/C4H11NO8P2/c6-14(7,8)13-15(9,10)12-5-1-3-11-4-2-5/h1-4H2,(H,9,10)(H2,6,7,8). The van der Waals surface area contributed by atoms with Gasteiger partial charge >= 0.3 is 15.6 Å². The molecule has 0 spiro atoms. The van der Waals surface area contributed by atoms with E-state index in [4.69, 9.17) is 19.4 Å². The largest absolute Gasteiger partial charge is 0.497 e. The van der Waals surface area contributed by atoms with Crippen LogP contribution in [0.25, 0.3) is 0 Å². The molecule has 0 radical (unpaired) electrons. The van der Waals surface area contributed by atoms with Crippen molar-refractivity contribution in [2.24, 2.45) is 0 Å². The predicted octanol–water partition coefficient (Wildman–Crippen LogP) is -0.540. The number of nitrogens with zero attached hydrogens (tertiary/aromatic N) is 1. The van der Waals surface area contributed by atoms with Gasteiger partial charge in [-0.2, -0.15) is 14.0 Å². The fraction of sp³-hybridized carbons (Fsp3) is 1.00. The lowest BCUT2D eigenvalue weighted by Gasteiger charge is -2.26. The van der Waals surface area contributed by atoms with Crippen LogP contribution in [-0.2, 0) is 22.8 Å². The molecule has 1 unspecified atom stereocenters. The van der Waals surface area contributed by atoms with Crippen LogP contribution in [0.1, 0.15) is 0 Å². The molecule has 1 aliphatic heterocycles. The van der Waals surface area contributed by atoms with Gasteiger partial charge in [-0.1, -0.05) is 0 Å². The first kappa shape index (κ1) is 13.2. The number of phosphoric acid groups is 2. The van der Waals surface area contributed by atoms with Crippen molar-refractivity contribution in [3.05, 3.63) is 0 Å². The molecule has 0 aromatic carbocycles. The highest BCUT2D eigenvalue weighted by Crippen LogP contribution is 2.57. The average molecular weight is 263 g/mol. The van der Waals surface area contributed by atoms with E-state index in [-0.39, 0.29) is 13.1 Å². The molecule has 1 rings (SSSR count). The summed E-state index contributed by atoms with van der Waals surface area (Å²) in [6.45, 7) is 1.04. The first-order valence-electron chi connectivity index (χ1n) is 3.91. The first-order valence-corrected chi connectivity index (χ1v) is 6.93. The Bertz CT molecular complexity index is 295. The summed E-state index contributed by atoms with van der Waals surface area (Å²) in [7, 11) is -9.83. The summed E-state index contributed by atoms with van der Waals surface area (Å²) in [5, 5.41) is 1.06. The Morgan fingerprint density at radius 3 is 2.13 bits per heavy atom. The number of hydrogen-bond donors (Lipinski definition) is 3. The van der Waals surface area contributed by atoms with Gasteiger partial charge in [0.05, 0.1) is 13.2 Å². The average Bonchev–Trinajstić information content (AvgIpc) is 1.99. The summed E-state index contributed by atoms with van der Waals surface area (Å²) in [5.41, 5.74) is 0. The summed E-state index contributed by atoms with van der Waals surface area (Å²) in [4.78, 5) is 25.6. The van der Waals surface area contributed by atoms with Gasteiger partial charge in [0.15, 0.2) is 0 Å². The summed E-state index contributed by atoms with van der Waals surface area (Å²) in [6.07, 6.45) is 0. The van der Waals surface area contributed by atoms with E-state index in [1.54, 1.807) is 0 Å². The highest BCUT2D eigenvalue weighted by Gasteiger charge is 2.35. The van der Waals surface area contributed by atoms with Gasteiger partial charge in [0, 0.05) is 13.1 Å². The summed E-state index contributed by atoms with van der Waals surface area (Å²) >= 11 is 0. The molecule has 0 amide bonds. The van der Waals surface area contributed by atoms with E-state index in [0.717, 1.165) is 5.06 Å². The molecule has 1 aliphatic rings. The maximum absolute atomic E-state index is 11.0. The van der Waals surface area contributed by atoms with E-state index in [9.17, 15) is 9.13 Å². The second kappa shape index (κ2) is 5.01. The van der Waals surface area contributed by atoms with Crippen LogP contribution in [0.2, 0.25) is 0 Å². The Hall–Kier alpha value is 0.180. The van der Waals surface area contributed by atoms with E-state index in [0.29, 0.717) is 13.2 Å². The molecule has 15 heavy (non-hydrogen) atoms. The number of rotatable bonds is 4. The molecule has 3 N–H and O–H groups in total. The topological polar surface area (TPSA) is 126 Å². The SMILES string of the molecule is O=P(O)(O)OP(=O)(O)ON1CCOCC1. The maximum Gasteiger partial charge on any atom is 0.497 e. The van der Waals surface area contributed by atoms with Crippen molar-refractivity contribution < 1.29 is 37.5 Å². The van der Waals surface area contributed by atoms with Gasteiger partial charge < -0.3 is 19.4 Å². The summed E-state index contributed by atoms with van der Waals surface area (Å²) in [6, 6.07) is 0. The third kappa shape index (κ3) is 5.72. The zero-order valence-electron chi connectivity index (χ0n) is 7.55. The van der Waals surface area contributed by atoms with Gasteiger partial charge in [-0.3, -0.25) is 0 Å². The lowest BCUT2D eigenvalue weighted by Crippen LogP contribution is -2.35. The van der Waals surface area contributed by atoms with Gasteiger partial charge in [0.1, 0.15) is 0 Å². The van der Waals surface area contributed by atoms with Crippen LogP contribution in [0.5, 0.6) is 0 Å². The predicted molar refractivity (Wildman–Crippen MR) is 46.4 cm³/mol. The zero-order chi connectivity index (χ0) is 11.5. The lowest BCUT2D eigenvalue weighted by atomic mass is 10.5. The fourth-order valence-corrected chi connectivity index (χ4v) is 2.57. The van der Waals surface area contributed by atoms with Crippen molar-refractivity contribution in [2.75, 3.05) is 26.3 Å². The Morgan fingerprint density at radius 1 is 1.13 bits per heavy atom. The van der Waals surface area contributed by atoms with Crippen molar-refractivity contribution in [1.29, 1.82) is 0 Å². The minimum atomic E-state index is -5.05. The zero-order valence-corrected chi connectivity index (χ0v) is 9.34. The van der Waals surface area contributed by atoms with Gasteiger partial charge in [-0.25, -0.2) is 9.13 Å². The molecule has 90 valence electrons. The molecule has 1 atom stereocenters. The van der Waals surface area contributed by atoms with Crippen LogP contribution < -0.4 is 0 Å².